The molecule has 14 heteroatoms. The summed E-state index contributed by atoms with van der Waals surface area (Å²) < 4.78 is 9.51. The average Bonchev–Trinajstić information content (AvgIpc) is 2.51. The molecule has 3 N–H and O–H groups in total. The van der Waals surface area contributed by atoms with Crippen molar-refractivity contribution in [2.24, 2.45) is 0 Å². The van der Waals surface area contributed by atoms with Gasteiger partial charge in [0.15, 0.2) is 11.6 Å². The number of carbonyl (C=O) groups excluding carboxylic acids is 2. The van der Waals surface area contributed by atoms with Crippen LogP contribution in [0.3, 0.4) is 0 Å². The minimum Gasteiger partial charge on any atom is -1.00 e. The average molecular weight is 539 g/mol. The van der Waals surface area contributed by atoms with Gasteiger partial charge in [-0.3, -0.25) is 10.2 Å². The molecule has 0 aliphatic rings. The molecule has 10 nitrogen and oxygen atoms in total. The molecule has 0 aliphatic heterocycles. The number of amides is 2. The third kappa shape index (κ3) is 49.8. The van der Waals surface area contributed by atoms with E-state index < -0.39 is 11.8 Å². The van der Waals surface area contributed by atoms with Crippen molar-refractivity contribution in [2.45, 2.75) is 35.1 Å². The van der Waals surface area contributed by atoms with Crippen molar-refractivity contribution in [3.05, 3.63) is 5.32 Å². The predicted molar refractivity (Wildman–Crippen MR) is 107 cm³/mol. The molecular formula is C14H26BClIN6NaO4. The van der Waals surface area contributed by atoms with Crippen molar-refractivity contribution in [2.75, 3.05) is 20.3 Å². The molecule has 0 aromatic heterocycles. The maximum absolute atomic E-state index is 10.7. The number of nitrogens with one attached hydrogen (secondary N) is 1. The van der Waals surface area contributed by atoms with E-state index in [4.69, 9.17) is 25.9 Å². The van der Waals surface area contributed by atoms with Crippen molar-refractivity contribution in [3.8, 4) is 18.3 Å². The molecule has 0 aromatic rings. The zero-order chi connectivity index (χ0) is 18.5. The summed E-state index contributed by atoms with van der Waals surface area (Å²) in [6.07, 6.45) is 0.723. The van der Waals surface area contributed by atoms with Crippen molar-refractivity contribution in [3.63, 3.8) is 0 Å². The Hall–Kier alpha value is -1.08. The van der Waals surface area contributed by atoms with Gasteiger partial charge in [0.25, 0.3) is 0 Å². The second kappa shape index (κ2) is 45.0. The van der Waals surface area contributed by atoms with E-state index in [1.807, 2.05) is 0 Å². The van der Waals surface area contributed by atoms with E-state index in [-0.39, 0.29) is 89.7 Å². The number of nitrogens with two attached hydrogens (primary N) is 1. The van der Waals surface area contributed by atoms with Crippen LogP contribution in [0, 0.1) is 34.1 Å². The summed E-state index contributed by atoms with van der Waals surface area (Å²) in [5, 5.41) is 33.9. The van der Waals surface area contributed by atoms with Crippen LogP contribution in [-0.4, -0.2) is 43.9 Å². The van der Waals surface area contributed by atoms with Crippen molar-refractivity contribution < 1.29 is 66.4 Å². The Bertz CT molecular complexity index is 480. The number of nitriles is 3. The van der Waals surface area contributed by atoms with Crippen LogP contribution in [0.1, 0.15) is 35.1 Å². The minimum atomic E-state index is -0.685. The first-order valence-corrected chi connectivity index (χ1v) is 6.88. The van der Waals surface area contributed by atoms with Crippen LogP contribution in [0.25, 0.3) is 5.32 Å². The van der Waals surface area contributed by atoms with Crippen LogP contribution in [-0.2, 0) is 19.1 Å². The van der Waals surface area contributed by atoms with Gasteiger partial charge in [0.2, 0.25) is 0 Å². The fourth-order valence-corrected chi connectivity index (χ4v) is 0.687. The van der Waals surface area contributed by atoms with E-state index in [0.717, 1.165) is 0 Å². The molecule has 0 fully saturated rings. The summed E-state index contributed by atoms with van der Waals surface area (Å²) >= 11 is 1.65. The standard InChI is InChI=1S/C7H11N3O3.C4H3N3O.3CH4.BI.ClH.Na/c1-12-4-5-13-7(9)10-6(11)2-3-8;5-2-1-4(8)7-3-6;;;;1-2;;/h2,4-5H2,1H3,(H2,9,10,11);1H2,(H,7,8);3*1H4;;1H;/q;;;;;;;+1/p-1. The Balaban J connectivity index is -0.0000000396. The first-order valence-electron chi connectivity index (χ1n) is 5.64. The van der Waals surface area contributed by atoms with Gasteiger partial charge in [0.1, 0.15) is 13.0 Å². The third-order valence-electron chi connectivity index (χ3n) is 1.45. The molecule has 0 atom stereocenters. The van der Waals surface area contributed by atoms with Crippen LogP contribution in [0.15, 0.2) is 0 Å². The van der Waals surface area contributed by atoms with E-state index in [9.17, 15) is 9.59 Å². The first-order chi connectivity index (χ1) is 11.0. The SMILES string of the molecule is C.C.C.COCCOC(=[NH2+])NC(=O)CC#N.N#CCC(=O)[N-]C#N.[B]I.[Cl-].[Na+]. The largest absolute Gasteiger partial charge is 1.00 e. The van der Waals surface area contributed by atoms with Crippen LogP contribution in [0.4, 0.5) is 0 Å². The maximum atomic E-state index is 10.7. The third-order valence-corrected chi connectivity index (χ3v) is 1.45. The summed E-state index contributed by atoms with van der Waals surface area (Å²) in [5.41, 5.74) is 4.47. The van der Waals surface area contributed by atoms with E-state index >= 15 is 0 Å². The summed E-state index contributed by atoms with van der Waals surface area (Å²) in [5.74, 6) is -1.17. The molecule has 0 aromatic carbocycles. The molecule has 0 unspecified atom stereocenters. The second-order valence-corrected chi connectivity index (χ2v) is 3.03. The van der Waals surface area contributed by atoms with Gasteiger partial charge in [-0.25, -0.2) is 4.79 Å². The quantitative estimate of drug-likeness (QED) is 0.0876. The fraction of sp³-hybridized carbons (Fsp3) is 0.571. The van der Waals surface area contributed by atoms with Crippen LogP contribution < -0.4 is 52.7 Å². The number of rotatable bonds is 5. The molecule has 0 bridgehead atoms. The molecule has 2 amide bonds. The molecular weight excluding hydrogens is 512 g/mol. The Kier molecular flexibility index (Phi) is 81.1. The Labute approximate surface area is 211 Å². The topological polar surface area (TPSA) is 176 Å². The number of nitrogens with zero attached hydrogens (tertiary/aromatic N) is 4. The zero-order valence-corrected chi connectivity index (χ0v) is 18.6. The number of carbonyl (C=O) groups is 2. The van der Waals surface area contributed by atoms with Gasteiger partial charge in [-0.05, 0) is 0 Å². The maximum Gasteiger partial charge on any atom is 1.00 e. The van der Waals surface area contributed by atoms with Gasteiger partial charge in [0.05, 0.1) is 25.2 Å². The Morgan fingerprint density at radius 1 is 1.11 bits per heavy atom. The fourth-order valence-electron chi connectivity index (χ4n) is 0.687. The minimum absolute atomic E-state index is 0. The van der Waals surface area contributed by atoms with Gasteiger partial charge < -0.3 is 32.5 Å². The van der Waals surface area contributed by atoms with Gasteiger partial charge >= 0.3 is 41.5 Å². The normalized spacial score (nSPS) is 5.96. The van der Waals surface area contributed by atoms with Crippen molar-refractivity contribution in [1.82, 2.24) is 5.32 Å². The summed E-state index contributed by atoms with van der Waals surface area (Å²) in [4.78, 5) is 20.8. The first kappa shape index (κ1) is 50.5. The summed E-state index contributed by atoms with van der Waals surface area (Å²) in [6, 6.07) is 3.12. The van der Waals surface area contributed by atoms with E-state index in [1.54, 1.807) is 34.5 Å². The summed E-state index contributed by atoms with van der Waals surface area (Å²) in [7, 11) is 1.52. The van der Waals surface area contributed by atoms with E-state index in [1.165, 1.54) is 13.3 Å². The smallest absolute Gasteiger partial charge is 1.00 e. The Morgan fingerprint density at radius 2 is 1.57 bits per heavy atom. The molecule has 0 rings (SSSR count). The van der Waals surface area contributed by atoms with Gasteiger partial charge in [-0.15, -0.1) is 0 Å². The van der Waals surface area contributed by atoms with E-state index in [2.05, 4.69) is 21.1 Å². The van der Waals surface area contributed by atoms with Crippen molar-refractivity contribution in [1.29, 1.82) is 15.8 Å². The monoisotopic (exact) mass is 538 g/mol. The zero-order valence-electron chi connectivity index (χ0n) is 13.7. The van der Waals surface area contributed by atoms with Crippen LogP contribution in [0.5, 0.6) is 0 Å². The van der Waals surface area contributed by atoms with Gasteiger partial charge in [-0.2, -0.15) is 38.2 Å². The number of methoxy groups -OCH3 is 1. The Morgan fingerprint density at radius 3 is 1.93 bits per heavy atom. The van der Waals surface area contributed by atoms with E-state index in [0.29, 0.717) is 6.61 Å². The number of hydrogen-bond acceptors (Lipinski definition) is 7. The van der Waals surface area contributed by atoms with Crippen LogP contribution >= 0.6 is 22.4 Å². The number of ether oxygens (including phenoxy) is 2. The molecule has 0 spiro atoms. The number of amidine groups is 1. The van der Waals surface area contributed by atoms with Gasteiger partial charge in [-0.1, -0.05) is 28.5 Å². The molecule has 2 radical (unpaired) electrons. The van der Waals surface area contributed by atoms with Crippen molar-refractivity contribution >= 4 is 45.9 Å². The number of halogens is 2. The molecule has 0 saturated carbocycles. The summed E-state index contributed by atoms with van der Waals surface area (Å²) in [6.45, 7) is 0.643. The number of hydrogen-bond donors (Lipinski definition) is 2. The predicted octanol–water partition coefficient (Wildman–Crippen LogP) is -5.50. The molecule has 0 aliphatic carbocycles. The van der Waals surface area contributed by atoms with Gasteiger partial charge in [0, 0.05) is 7.11 Å². The van der Waals surface area contributed by atoms with Crippen LogP contribution in [0.2, 0.25) is 0 Å². The molecule has 28 heavy (non-hydrogen) atoms. The second-order valence-electron chi connectivity index (χ2n) is 3.03. The molecule has 154 valence electrons. The molecule has 0 heterocycles. The molecule has 0 saturated heterocycles.